The summed E-state index contributed by atoms with van der Waals surface area (Å²) in [7, 11) is 0. The van der Waals surface area contributed by atoms with Gasteiger partial charge in [-0.25, -0.2) is 0 Å². The van der Waals surface area contributed by atoms with Gasteiger partial charge in [0.2, 0.25) is 0 Å². The Morgan fingerprint density at radius 3 is 3.14 bits per heavy atom. The monoisotopic (exact) mass is 196 g/mol. The molecular formula is C12H20O2. The van der Waals surface area contributed by atoms with Gasteiger partial charge in [0.05, 0.1) is 12.4 Å². The third-order valence-electron chi connectivity index (χ3n) is 2.32. The Bertz CT molecular complexity index is 187. The summed E-state index contributed by atoms with van der Waals surface area (Å²) in [6.45, 7) is 6.68. The minimum absolute atomic E-state index is 0.178. The molecule has 0 bridgehead atoms. The highest BCUT2D eigenvalue weighted by atomic mass is 16.5. The predicted octanol–water partition coefficient (Wildman–Crippen LogP) is 3.05. The number of rotatable bonds is 6. The molecule has 0 fully saturated rings. The van der Waals surface area contributed by atoms with Gasteiger partial charge in [-0.15, -0.1) is 6.58 Å². The zero-order valence-corrected chi connectivity index (χ0v) is 8.95. The highest BCUT2D eigenvalue weighted by Gasteiger charge is 2.22. The summed E-state index contributed by atoms with van der Waals surface area (Å²) < 4.78 is 11.3. The van der Waals surface area contributed by atoms with Crippen LogP contribution in [0, 0.1) is 0 Å². The van der Waals surface area contributed by atoms with Gasteiger partial charge in [-0.1, -0.05) is 13.0 Å². The summed E-state index contributed by atoms with van der Waals surface area (Å²) in [5.74, 6) is 0. The lowest BCUT2D eigenvalue weighted by Crippen LogP contribution is -2.31. The quantitative estimate of drug-likeness (QED) is 0.608. The average molecular weight is 196 g/mol. The topological polar surface area (TPSA) is 18.5 Å². The summed E-state index contributed by atoms with van der Waals surface area (Å²) in [4.78, 5) is 0. The molecule has 0 saturated carbocycles. The molecule has 0 aromatic rings. The van der Waals surface area contributed by atoms with Crippen molar-refractivity contribution in [2.24, 2.45) is 0 Å². The van der Waals surface area contributed by atoms with E-state index in [0.29, 0.717) is 0 Å². The SMILES string of the molecule is C=CCC(OCCC)C1CCC=CO1. The van der Waals surface area contributed by atoms with Crippen molar-refractivity contribution in [3.63, 3.8) is 0 Å². The van der Waals surface area contributed by atoms with E-state index in [1.54, 1.807) is 6.26 Å². The first-order chi connectivity index (χ1) is 6.88. The Kier molecular flexibility index (Phi) is 5.38. The van der Waals surface area contributed by atoms with Gasteiger partial charge in [-0.2, -0.15) is 0 Å². The maximum absolute atomic E-state index is 5.74. The normalized spacial score (nSPS) is 22.8. The van der Waals surface area contributed by atoms with Crippen molar-refractivity contribution in [2.75, 3.05) is 6.61 Å². The van der Waals surface area contributed by atoms with E-state index in [4.69, 9.17) is 9.47 Å². The summed E-state index contributed by atoms with van der Waals surface area (Å²) in [6, 6.07) is 0. The number of hydrogen-bond acceptors (Lipinski definition) is 2. The number of allylic oxidation sites excluding steroid dienone is 1. The molecule has 1 aliphatic heterocycles. The van der Waals surface area contributed by atoms with Crippen LogP contribution in [0.1, 0.15) is 32.6 Å². The van der Waals surface area contributed by atoms with Crippen molar-refractivity contribution in [1.29, 1.82) is 0 Å². The molecule has 0 radical (unpaired) electrons. The van der Waals surface area contributed by atoms with Crippen molar-refractivity contribution in [2.45, 2.75) is 44.8 Å². The Balaban J connectivity index is 2.39. The second-order valence-corrected chi connectivity index (χ2v) is 3.56. The molecule has 2 heteroatoms. The maximum Gasteiger partial charge on any atom is 0.124 e. The van der Waals surface area contributed by atoms with Crippen LogP contribution in [0.3, 0.4) is 0 Å². The molecule has 14 heavy (non-hydrogen) atoms. The van der Waals surface area contributed by atoms with E-state index in [1.807, 2.05) is 6.08 Å². The van der Waals surface area contributed by atoms with E-state index in [1.165, 1.54) is 0 Å². The summed E-state index contributed by atoms with van der Waals surface area (Å²) in [5, 5.41) is 0. The van der Waals surface area contributed by atoms with Crippen LogP contribution in [0.2, 0.25) is 0 Å². The largest absolute Gasteiger partial charge is 0.496 e. The van der Waals surface area contributed by atoms with Gasteiger partial charge in [-0.05, 0) is 31.8 Å². The molecule has 1 aliphatic rings. The van der Waals surface area contributed by atoms with Crippen LogP contribution < -0.4 is 0 Å². The van der Waals surface area contributed by atoms with Gasteiger partial charge in [0.15, 0.2) is 0 Å². The van der Waals surface area contributed by atoms with Crippen LogP contribution in [0.15, 0.2) is 25.0 Å². The third-order valence-corrected chi connectivity index (χ3v) is 2.32. The maximum atomic E-state index is 5.74. The fourth-order valence-electron chi connectivity index (χ4n) is 1.59. The van der Waals surface area contributed by atoms with Gasteiger partial charge in [0.1, 0.15) is 6.10 Å². The van der Waals surface area contributed by atoms with Crippen LogP contribution in [-0.4, -0.2) is 18.8 Å². The zero-order valence-electron chi connectivity index (χ0n) is 8.95. The van der Waals surface area contributed by atoms with Crippen molar-refractivity contribution in [3.8, 4) is 0 Å². The Hall–Kier alpha value is -0.760. The highest BCUT2D eigenvalue weighted by Crippen LogP contribution is 2.18. The molecule has 1 rings (SSSR count). The smallest absolute Gasteiger partial charge is 0.124 e. The predicted molar refractivity (Wildman–Crippen MR) is 58.1 cm³/mol. The molecule has 0 aromatic heterocycles. The van der Waals surface area contributed by atoms with Crippen molar-refractivity contribution >= 4 is 0 Å². The molecule has 0 spiro atoms. The van der Waals surface area contributed by atoms with Gasteiger partial charge >= 0.3 is 0 Å². The molecule has 2 unspecified atom stereocenters. The highest BCUT2D eigenvalue weighted by molar-refractivity contribution is 4.88. The Morgan fingerprint density at radius 1 is 1.71 bits per heavy atom. The van der Waals surface area contributed by atoms with E-state index >= 15 is 0 Å². The van der Waals surface area contributed by atoms with Crippen LogP contribution in [0.25, 0.3) is 0 Å². The van der Waals surface area contributed by atoms with E-state index in [0.717, 1.165) is 32.3 Å². The van der Waals surface area contributed by atoms with Gasteiger partial charge in [0.25, 0.3) is 0 Å². The van der Waals surface area contributed by atoms with Crippen molar-refractivity contribution in [3.05, 3.63) is 25.0 Å². The molecule has 80 valence electrons. The lowest BCUT2D eigenvalue weighted by molar-refractivity contribution is -0.0479. The van der Waals surface area contributed by atoms with Crippen molar-refractivity contribution in [1.82, 2.24) is 0 Å². The molecule has 0 amide bonds. The molecule has 2 nitrogen and oxygen atoms in total. The fraction of sp³-hybridized carbons (Fsp3) is 0.667. The first-order valence-corrected chi connectivity index (χ1v) is 5.41. The number of hydrogen-bond donors (Lipinski definition) is 0. The zero-order chi connectivity index (χ0) is 10.2. The van der Waals surface area contributed by atoms with Crippen LogP contribution >= 0.6 is 0 Å². The summed E-state index contributed by atoms with van der Waals surface area (Å²) >= 11 is 0. The lowest BCUT2D eigenvalue weighted by Gasteiger charge is -2.27. The van der Waals surface area contributed by atoms with Crippen LogP contribution in [-0.2, 0) is 9.47 Å². The minimum atomic E-state index is 0.178. The standard InChI is InChI=1S/C12H20O2/c1-3-7-11(13-9-4-2)12-8-5-6-10-14-12/h3,6,10-12H,1,4-5,7-9H2,2H3. The second-order valence-electron chi connectivity index (χ2n) is 3.56. The molecule has 2 atom stereocenters. The van der Waals surface area contributed by atoms with Gasteiger partial charge < -0.3 is 9.47 Å². The van der Waals surface area contributed by atoms with Gasteiger partial charge in [-0.3, -0.25) is 0 Å². The van der Waals surface area contributed by atoms with Crippen LogP contribution in [0.4, 0.5) is 0 Å². The van der Waals surface area contributed by atoms with E-state index in [-0.39, 0.29) is 12.2 Å². The molecule has 0 aliphatic carbocycles. The Labute approximate surface area is 86.6 Å². The molecule has 0 aromatic carbocycles. The third kappa shape index (κ3) is 3.54. The van der Waals surface area contributed by atoms with Crippen molar-refractivity contribution < 1.29 is 9.47 Å². The van der Waals surface area contributed by atoms with Gasteiger partial charge in [0, 0.05) is 6.61 Å². The van der Waals surface area contributed by atoms with E-state index < -0.39 is 0 Å². The first-order valence-electron chi connectivity index (χ1n) is 5.41. The first kappa shape index (κ1) is 11.3. The van der Waals surface area contributed by atoms with E-state index in [9.17, 15) is 0 Å². The minimum Gasteiger partial charge on any atom is -0.496 e. The molecular weight excluding hydrogens is 176 g/mol. The second kappa shape index (κ2) is 6.66. The Morgan fingerprint density at radius 2 is 2.57 bits per heavy atom. The lowest BCUT2D eigenvalue weighted by atomic mass is 10.0. The van der Waals surface area contributed by atoms with E-state index in [2.05, 4.69) is 19.6 Å². The summed E-state index contributed by atoms with van der Waals surface area (Å²) in [6.07, 6.45) is 10.2. The summed E-state index contributed by atoms with van der Waals surface area (Å²) in [5.41, 5.74) is 0. The average Bonchev–Trinajstić information content (AvgIpc) is 2.25. The molecule has 0 saturated heterocycles. The van der Waals surface area contributed by atoms with Crippen LogP contribution in [0.5, 0.6) is 0 Å². The molecule has 1 heterocycles. The molecule has 0 N–H and O–H groups in total. The number of ether oxygens (including phenoxy) is 2. The fourth-order valence-corrected chi connectivity index (χ4v) is 1.59.